The van der Waals surface area contributed by atoms with Crippen LogP contribution in [0.2, 0.25) is 0 Å². The van der Waals surface area contributed by atoms with E-state index in [1.807, 2.05) is 0 Å². The predicted molar refractivity (Wildman–Crippen MR) is 76.9 cm³/mol. The minimum Gasteiger partial charge on any atom is -0.386 e. The Bertz CT molecular complexity index is 416. The first-order valence-corrected chi connectivity index (χ1v) is 7.42. The molecular formula is C16H24N2O. The molecule has 19 heavy (non-hydrogen) atoms. The summed E-state index contributed by atoms with van der Waals surface area (Å²) in [4.78, 5) is 2.51. The van der Waals surface area contributed by atoms with Gasteiger partial charge in [0.05, 0.1) is 0 Å². The van der Waals surface area contributed by atoms with Gasteiger partial charge in [-0.05, 0) is 25.3 Å². The van der Waals surface area contributed by atoms with Crippen LogP contribution in [0.1, 0.15) is 31.7 Å². The van der Waals surface area contributed by atoms with Crippen molar-refractivity contribution < 1.29 is 5.11 Å². The van der Waals surface area contributed by atoms with E-state index in [4.69, 9.17) is 0 Å². The highest BCUT2D eigenvalue weighted by Crippen LogP contribution is 2.33. The molecule has 0 radical (unpaired) electrons. The molecule has 104 valence electrons. The number of piperidine rings is 1. The first-order valence-electron chi connectivity index (χ1n) is 7.42. The molecule has 2 N–H and O–H groups in total. The van der Waals surface area contributed by atoms with Gasteiger partial charge in [0.1, 0.15) is 5.60 Å². The van der Waals surface area contributed by atoms with Gasteiger partial charge >= 0.3 is 0 Å². The zero-order valence-corrected chi connectivity index (χ0v) is 11.7. The SMILES string of the molecule is CC1CCCC(C2(O)CNC2)N1Cc1ccccc1. The van der Waals surface area contributed by atoms with Crippen LogP contribution >= 0.6 is 0 Å². The molecule has 2 heterocycles. The Hall–Kier alpha value is -0.900. The molecular weight excluding hydrogens is 236 g/mol. The van der Waals surface area contributed by atoms with Gasteiger partial charge in [-0.1, -0.05) is 36.8 Å². The molecule has 2 fully saturated rings. The van der Waals surface area contributed by atoms with Crippen molar-refractivity contribution in [2.75, 3.05) is 13.1 Å². The fourth-order valence-electron chi connectivity index (χ4n) is 3.50. The summed E-state index contributed by atoms with van der Waals surface area (Å²) in [5.74, 6) is 0. The number of hydrogen-bond donors (Lipinski definition) is 2. The number of rotatable bonds is 3. The Balaban J connectivity index is 1.78. The van der Waals surface area contributed by atoms with Crippen LogP contribution in [-0.2, 0) is 6.54 Å². The van der Waals surface area contributed by atoms with Crippen LogP contribution in [0.3, 0.4) is 0 Å². The van der Waals surface area contributed by atoms with Crippen LogP contribution in [0.4, 0.5) is 0 Å². The van der Waals surface area contributed by atoms with Gasteiger partial charge in [-0.3, -0.25) is 4.90 Å². The summed E-state index contributed by atoms with van der Waals surface area (Å²) in [6.07, 6.45) is 3.60. The van der Waals surface area contributed by atoms with Gasteiger partial charge in [-0.25, -0.2) is 0 Å². The molecule has 0 aromatic heterocycles. The Labute approximate surface area is 115 Å². The Kier molecular flexibility index (Phi) is 3.61. The summed E-state index contributed by atoms with van der Waals surface area (Å²) >= 11 is 0. The maximum atomic E-state index is 10.7. The summed E-state index contributed by atoms with van der Waals surface area (Å²) in [7, 11) is 0. The molecule has 3 rings (SSSR count). The molecule has 0 aliphatic carbocycles. The van der Waals surface area contributed by atoms with Gasteiger partial charge in [-0.15, -0.1) is 0 Å². The summed E-state index contributed by atoms with van der Waals surface area (Å²) in [5.41, 5.74) is 0.834. The fraction of sp³-hybridized carbons (Fsp3) is 0.625. The van der Waals surface area contributed by atoms with Gasteiger partial charge in [-0.2, -0.15) is 0 Å². The van der Waals surface area contributed by atoms with E-state index in [1.165, 1.54) is 18.4 Å². The number of hydrogen-bond acceptors (Lipinski definition) is 3. The predicted octanol–water partition coefficient (Wildman–Crippen LogP) is 1.76. The third-order valence-electron chi connectivity index (χ3n) is 4.76. The summed E-state index contributed by atoms with van der Waals surface area (Å²) < 4.78 is 0. The first-order chi connectivity index (χ1) is 9.19. The smallest absolute Gasteiger partial charge is 0.105 e. The number of benzene rings is 1. The molecule has 1 aromatic rings. The third kappa shape index (κ3) is 2.55. The van der Waals surface area contributed by atoms with E-state index in [1.54, 1.807) is 0 Å². The molecule has 0 saturated carbocycles. The van der Waals surface area contributed by atoms with Crippen LogP contribution in [0.5, 0.6) is 0 Å². The van der Waals surface area contributed by atoms with Gasteiger partial charge < -0.3 is 10.4 Å². The van der Waals surface area contributed by atoms with Crippen molar-refractivity contribution in [1.29, 1.82) is 0 Å². The molecule has 2 aliphatic rings. The van der Waals surface area contributed by atoms with Crippen molar-refractivity contribution in [2.24, 2.45) is 0 Å². The van der Waals surface area contributed by atoms with Gasteiger partial charge in [0.25, 0.3) is 0 Å². The topological polar surface area (TPSA) is 35.5 Å². The average molecular weight is 260 g/mol. The molecule has 0 spiro atoms. The van der Waals surface area contributed by atoms with Crippen molar-refractivity contribution >= 4 is 0 Å². The van der Waals surface area contributed by atoms with Crippen LogP contribution in [0.15, 0.2) is 30.3 Å². The normalized spacial score (nSPS) is 30.8. The van der Waals surface area contributed by atoms with E-state index in [-0.39, 0.29) is 0 Å². The maximum Gasteiger partial charge on any atom is 0.105 e. The number of aliphatic hydroxyl groups is 1. The van der Waals surface area contributed by atoms with Gasteiger partial charge in [0.15, 0.2) is 0 Å². The van der Waals surface area contributed by atoms with Crippen molar-refractivity contribution in [2.45, 2.75) is 50.4 Å². The number of likely N-dealkylation sites (tertiary alicyclic amines) is 1. The third-order valence-corrected chi connectivity index (χ3v) is 4.76. The van der Waals surface area contributed by atoms with E-state index in [0.29, 0.717) is 12.1 Å². The highest BCUT2D eigenvalue weighted by atomic mass is 16.3. The Morgan fingerprint density at radius 3 is 2.63 bits per heavy atom. The zero-order valence-electron chi connectivity index (χ0n) is 11.7. The maximum absolute atomic E-state index is 10.7. The van der Waals surface area contributed by atoms with Crippen LogP contribution in [-0.4, -0.2) is 40.8 Å². The highest BCUT2D eigenvalue weighted by molar-refractivity contribution is 5.16. The van der Waals surface area contributed by atoms with E-state index in [9.17, 15) is 5.11 Å². The fourth-order valence-corrected chi connectivity index (χ4v) is 3.50. The van der Waals surface area contributed by atoms with E-state index in [0.717, 1.165) is 26.1 Å². The largest absolute Gasteiger partial charge is 0.386 e. The van der Waals surface area contributed by atoms with E-state index < -0.39 is 5.60 Å². The quantitative estimate of drug-likeness (QED) is 0.869. The van der Waals surface area contributed by atoms with E-state index in [2.05, 4.69) is 47.5 Å². The molecule has 2 atom stereocenters. The molecule has 3 nitrogen and oxygen atoms in total. The average Bonchev–Trinajstić information content (AvgIpc) is 2.40. The minimum atomic E-state index is -0.510. The Morgan fingerprint density at radius 2 is 2.00 bits per heavy atom. The van der Waals surface area contributed by atoms with Crippen molar-refractivity contribution in [3.05, 3.63) is 35.9 Å². The second-order valence-corrected chi connectivity index (χ2v) is 6.16. The summed E-state index contributed by atoms with van der Waals surface area (Å²) in [6.45, 7) is 4.74. The van der Waals surface area contributed by atoms with Crippen LogP contribution in [0.25, 0.3) is 0 Å². The van der Waals surface area contributed by atoms with Gasteiger partial charge in [0.2, 0.25) is 0 Å². The molecule has 1 aromatic carbocycles. The molecule has 2 aliphatic heterocycles. The minimum absolute atomic E-state index is 0.303. The van der Waals surface area contributed by atoms with Crippen molar-refractivity contribution in [1.82, 2.24) is 10.2 Å². The highest BCUT2D eigenvalue weighted by Gasteiger charge is 2.47. The lowest BCUT2D eigenvalue weighted by Gasteiger charge is -2.52. The van der Waals surface area contributed by atoms with E-state index >= 15 is 0 Å². The van der Waals surface area contributed by atoms with Crippen LogP contribution < -0.4 is 5.32 Å². The molecule has 2 saturated heterocycles. The van der Waals surface area contributed by atoms with Gasteiger partial charge in [0, 0.05) is 31.7 Å². The zero-order chi connectivity index (χ0) is 13.3. The second-order valence-electron chi connectivity index (χ2n) is 6.16. The first kappa shape index (κ1) is 13.1. The summed E-state index contributed by atoms with van der Waals surface area (Å²) in [5, 5.41) is 13.9. The number of nitrogens with one attached hydrogen (secondary N) is 1. The number of nitrogens with zero attached hydrogens (tertiary/aromatic N) is 1. The summed E-state index contributed by atoms with van der Waals surface area (Å²) in [6, 6.07) is 11.5. The van der Waals surface area contributed by atoms with Crippen LogP contribution in [0, 0.1) is 0 Å². The number of β-amino-alcohol motifs (C(OH)–C–C–N with tert-alkyl or cyclic N) is 1. The Morgan fingerprint density at radius 1 is 1.26 bits per heavy atom. The lowest BCUT2D eigenvalue weighted by atomic mass is 9.80. The van der Waals surface area contributed by atoms with Crippen molar-refractivity contribution in [3.63, 3.8) is 0 Å². The molecule has 2 unspecified atom stereocenters. The molecule has 0 amide bonds. The monoisotopic (exact) mass is 260 g/mol. The lowest BCUT2D eigenvalue weighted by Crippen LogP contribution is -2.71. The second kappa shape index (κ2) is 5.23. The van der Waals surface area contributed by atoms with Crippen molar-refractivity contribution in [3.8, 4) is 0 Å². The lowest BCUT2D eigenvalue weighted by molar-refractivity contribution is -0.109. The molecule has 0 bridgehead atoms. The standard InChI is InChI=1S/C16H24N2O/c1-13-6-5-9-15(16(19)11-17-12-16)18(13)10-14-7-3-2-4-8-14/h2-4,7-8,13,15,17,19H,5-6,9-12H2,1H3. The molecule has 3 heteroatoms.